The summed E-state index contributed by atoms with van der Waals surface area (Å²) in [4.78, 5) is 56.8. The van der Waals surface area contributed by atoms with Crippen molar-refractivity contribution in [3.63, 3.8) is 0 Å². The fourth-order valence-electron chi connectivity index (χ4n) is 3.11. The minimum absolute atomic E-state index is 0.0196. The molecular formula is C18H27N5O6. The van der Waals surface area contributed by atoms with Crippen LogP contribution in [0.1, 0.15) is 47.0 Å². The first-order valence-electron chi connectivity index (χ1n) is 9.58. The Hall–Kier alpha value is -3.11. The van der Waals surface area contributed by atoms with E-state index in [2.05, 4.69) is 15.3 Å². The SMILES string of the molecule is CCC(=O)OC(C)C(OC(=O)CC)C1CNc2nc(N)[nH]c(=O)c2N1C(=O)CC. The van der Waals surface area contributed by atoms with Gasteiger partial charge in [0.1, 0.15) is 6.10 Å². The number of aromatic amines is 1. The maximum Gasteiger partial charge on any atom is 0.305 e. The van der Waals surface area contributed by atoms with Crippen molar-refractivity contribution < 1.29 is 23.9 Å². The zero-order valence-corrected chi connectivity index (χ0v) is 17.0. The molecule has 0 saturated carbocycles. The van der Waals surface area contributed by atoms with Crippen LogP contribution in [0, 0.1) is 0 Å². The number of nitrogen functional groups attached to an aromatic ring is 1. The molecule has 4 N–H and O–H groups in total. The molecule has 1 aromatic heterocycles. The van der Waals surface area contributed by atoms with Gasteiger partial charge in [-0.25, -0.2) is 0 Å². The van der Waals surface area contributed by atoms with Crippen LogP contribution in [0.15, 0.2) is 4.79 Å². The minimum Gasteiger partial charge on any atom is -0.459 e. The highest BCUT2D eigenvalue weighted by atomic mass is 16.6. The molecule has 0 fully saturated rings. The molecule has 160 valence electrons. The standard InChI is InChI=1S/C18H27N5O6/c1-5-11(24)23-10(8-20-16-14(23)17(27)22-18(19)21-16)15(29-13(26)7-3)9(4)28-12(25)6-2/h9-10,15H,5-8H2,1-4H3,(H4,19,20,21,22,27). The maximum absolute atomic E-state index is 12.8. The van der Waals surface area contributed by atoms with E-state index in [0.717, 1.165) is 0 Å². The molecule has 1 amide bonds. The van der Waals surface area contributed by atoms with Gasteiger partial charge in [-0.15, -0.1) is 0 Å². The van der Waals surface area contributed by atoms with Gasteiger partial charge in [0.15, 0.2) is 17.6 Å². The highest BCUT2D eigenvalue weighted by Gasteiger charge is 2.43. The van der Waals surface area contributed by atoms with Crippen LogP contribution >= 0.6 is 0 Å². The molecule has 0 aliphatic carbocycles. The molecule has 0 saturated heterocycles. The molecule has 3 unspecified atom stereocenters. The topological polar surface area (TPSA) is 157 Å². The number of rotatable bonds is 7. The van der Waals surface area contributed by atoms with Crippen LogP contribution in [0.4, 0.5) is 17.5 Å². The lowest BCUT2D eigenvalue weighted by molar-refractivity contribution is -0.168. The number of anilines is 3. The number of fused-ring (bicyclic) bond motifs is 1. The summed E-state index contributed by atoms with van der Waals surface area (Å²) in [6, 6.07) is -0.795. The van der Waals surface area contributed by atoms with E-state index < -0.39 is 35.7 Å². The number of carbonyl (C=O) groups is 3. The summed E-state index contributed by atoms with van der Waals surface area (Å²) in [6.45, 7) is 6.61. The Kier molecular flexibility index (Phi) is 7.18. The maximum atomic E-state index is 12.8. The highest BCUT2D eigenvalue weighted by molar-refractivity contribution is 5.97. The summed E-state index contributed by atoms with van der Waals surface area (Å²) in [7, 11) is 0. The van der Waals surface area contributed by atoms with Gasteiger partial charge >= 0.3 is 11.9 Å². The van der Waals surface area contributed by atoms with Crippen LogP contribution in [0.5, 0.6) is 0 Å². The van der Waals surface area contributed by atoms with E-state index in [9.17, 15) is 19.2 Å². The first kappa shape index (κ1) is 22.2. The third kappa shape index (κ3) is 4.84. The van der Waals surface area contributed by atoms with Gasteiger partial charge in [0.25, 0.3) is 5.56 Å². The van der Waals surface area contributed by atoms with Crippen molar-refractivity contribution in [2.75, 3.05) is 22.5 Å². The molecule has 1 aliphatic heterocycles. The Balaban J connectivity index is 2.52. The molecule has 0 radical (unpaired) electrons. The van der Waals surface area contributed by atoms with Crippen molar-refractivity contribution in [1.29, 1.82) is 0 Å². The second kappa shape index (κ2) is 9.39. The Morgan fingerprint density at radius 3 is 2.38 bits per heavy atom. The number of hydrogen-bond acceptors (Lipinski definition) is 9. The van der Waals surface area contributed by atoms with Crippen LogP contribution in [-0.4, -0.2) is 52.6 Å². The van der Waals surface area contributed by atoms with Gasteiger partial charge in [-0.05, 0) is 6.92 Å². The van der Waals surface area contributed by atoms with E-state index in [4.69, 9.17) is 15.2 Å². The van der Waals surface area contributed by atoms with Crippen LogP contribution in [0.2, 0.25) is 0 Å². The number of esters is 2. The van der Waals surface area contributed by atoms with Gasteiger partial charge in [0.2, 0.25) is 11.9 Å². The normalized spacial score (nSPS) is 17.5. The number of amides is 1. The lowest BCUT2D eigenvalue weighted by Crippen LogP contribution is -2.59. The summed E-state index contributed by atoms with van der Waals surface area (Å²) >= 11 is 0. The number of nitrogens with zero attached hydrogens (tertiary/aromatic N) is 2. The molecule has 1 aromatic rings. The fraction of sp³-hybridized carbons (Fsp3) is 0.611. The number of carbonyl (C=O) groups excluding carboxylic acids is 3. The molecular weight excluding hydrogens is 382 g/mol. The van der Waals surface area contributed by atoms with Gasteiger partial charge in [0.05, 0.1) is 6.04 Å². The Bertz CT molecular complexity index is 839. The average molecular weight is 409 g/mol. The minimum atomic E-state index is -0.994. The van der Waals surface area contributed by atoms with E-state index in [1.807, 2.05) is 0 Å². The first-order chi connectivity index (χ1) is 13.7. The zero-order valence-electron chi connectivity index (χ0n) is 17.0. The molecule has 3 atom stereocenters. The Labute approximate surface area is 167 Å². The van der Waals surface area contributed by atoms with E-state index >= 15 is 0 Å². The quantitative estimate of drug-likeness (QED) is 0.547. The molecule has 0 aromatic carbocycles. The van der Waals surface area contributed by atoms with Crippen molar-refractivity contribution in [2.24, 2.45) is 0 Å². The fourth-order valence-corrected chi connectivity index (χ4v) is 3.11. The molecule has 1 aliphatic rings. The largest absolute Gasteiger partial charge is 0.459 e. The predicted molar refractivity (Wildman–Crippen MR) is 105 cm³/mol. The summed E-state index contributed by atoms with van der Waals surface area (Å²) in [5, 5.41) is 2.96. The van der Waals surface area contributed by atoms with Crippen molar-refractivity contribution in [1.82, 2.24) is 9.97 Å². The van der Waals surface area contributed by atoms with Crippen molar-refractivity contribution >= 4 is 35.3 Å². The zero-order chi connectivity index (χ0) is 21.7. The summed E-state index contributed by atoms with van der Waals surface area (Å²) in [5.41, 5.74) is 4.97. The summed E-state index contributed by atoms with van der Waals surface area (Å²) in [6.07, 6.45) is -1.50. The van der Waals surface area contributed by atoms with Gasteiger partial charge < -0.3 is 20.5 Å². The van der Waals surface area contributed by atoms with E-state index in [-0.39, 0.29) is 49.2 Å². The van der Waals surface area contributed by atoms with Gasteiger partial charge in [-0.2, -0.15) is 4.98 Å². The van der Waals surface area contributed by atoms with Gasteiger partial charge in [-0.3, -0.25) is 29.1 Å². The number of H-pyrrole nitrogens is 1. The number of nitrogens with one attached hydrogen (secondary N) is 2. The monoisotopic (exact) mass is 409 g/mol. The van der Waals surface area contributed by atoms with Gasteiger partial charge in [-0.1, -0.05) is 20.8 Å². The van der Waals surface area contributed by atoms with Gasteiger partial charge in [0, 0.05) is 25.8 Å². The van der Waals surface area contributed by atoms with Crippen LogP contribution in [0.25, 0.3) is 0 Å². The average Bonchev–Trinajstić information content (AvgIpc) is 2.69. The molecule has 0 bridgehead atoms. The lowest BCUT2D eigenvalue weighted by Gasteiger charge is -2.41. The Morgan fingerprint density at radius 1 is 1.17 bits per heavy atom. The number of hydrogen-bond donors (Lipinski definition) is 3. The van der Waals surface area contributed by atoms with Crippen molar-refractivity contribution in [3.05, 3.63) is 10.4 Å². The third-order valence-corrected chi connectivity index (χ3v) is 4.54. The van der Waals surface area contributed by atoms with Crippen molar-refractivity contribution in [2.45, 2.75) is 65.2 Å². The molecule has 0 spiro atoms. The van der Waals surface area contributed by atoms with E-state index in [0.29, 0.717) is 0 Å². The predicted octanol–water partition coefficient (Wildman–Crippen LogP) is 0.553. The number of ether oxygens (including phenoxy) is 2. The number of aromatic nitrogens is 2. The number of nitrogens with two attached hydrogens (primary N) is 1. The molecule has 11 nitrogen and oxygen atoms in total. The van der Waals surface area contributed by atoms with Crippen LogP contribution < -0.4 is 21.5 Å². The van der Waals surface area contributed by atoms with Crippen LogP contribution in [0.3, 0.4) is 0 Å². The Morgan fingerprint density at radius 2 is 1.79 bits per heavy atom. The lowest BCUT2D eigenvalue weighted by atomic mass is 10.0. The highest BCUT2D eigenvalue weighted by Crippen LogP contribution is 2.30. The van der Waals surface area contributed by atoms with Crippen molar-refractivity contribution in [3.8, 4) is 0 Å². The summed E-state index contributed by atoms with van der Waals surface area (Å²) < 4.78 is 10.9. The summed E-state index contributed by atoms with van der Waals surface area (Å²) in [5.74, 6) is -1.31. The molecule has 29 heavy (non-hydrogen) atoms. The third-order valence-electron chi connectivity index (χ3n) is 4.54. The molecule has 2 rings (SSSR count). The molecule has 11 heteroatoms. The van der Waals surface area contributed by atoms with E-state index in [1.165, 1.54) is 4.90 Å². The van der Waals surface area contributed by atoms with E-state index in [1.54, 1.807) is 27.7 Å². The molecule has 2 heterocycles. The van der Waals surface area contributed by atoms with Crippen LogP contribution in [-0.2, 0) is 23.9 Å². The smallest absolute Gasteiger partial charge is 0.305 e. The second-order valence-electron chi connectivity index (χ2n) is 6.57. The second-order valence-corrected chi connectivity index (χ2v) is 6.57. The first-order valence-corrected chi connectivity index (χ1v) is 9.58.